The topological polar surface area (TPSA) is 33.4 Å². The second kappa shape index (κ2) is 15.9. The zero-order chi connectivity index (χ0) is 43.6. The summed E-state index contributed by atoms with van der Waals surface area (Å²) >= 11 is 0. The van der Waals surface area contributed by atoms with Crippen LogP contribution in [0.5, 0.6) is 0 Å². The Labute approximate surface area is 385 Å². The van der Waals surface area contributed by atoms with Gasteiger partial charge in [-0.05, 0) is 105 Å². The number of aromatic nitrogens is 2. The number of allylic oxidation sites excluding steroid dienone is 12. The van der Waals surface area contributed by atoms with Crippen LogP contribution in [0.2, 0.25) is 0 Å². The van der Waals surface area contributed by atoms with Crippen molar-refractivity contribution < 1.29 is 0 Å². The Morgan fingerprint density at radius 1 is 0.545 bits per heavy atom. The van der Waals surface area contributed by atoms with Gasteiger partial charge >= 0.3 is 0 Å². The number of rotatable bonds is 7. The Hall–Kier alpha value is -8.08. The maximum absolute atomic E-state index is 5.32. The van der Waals surface area contributed by atoms with Crippen LogP contribution in [0.3, 0.4) is 0 Å². The molecule has 0 fully saturated rings. The van der Waals surface area contributed by atoms with Gasteiger partial charge in [0.15, 0.2) is 0 Å². The molecule has 4 aliphatic carbocycles. The summed E-state index contributed by atoms with van der Waals surface area (Å²) < 4.78 is 2.31. The first-order valence-corrected chi connectivity index (χ1v) is 23.2. The minimum atomic E-state index is 0.0854. The van der Waals surface area contributed by atoms with Gasteiger partial charge in [-0.2, -0.15) is 0 Å². The number of para-hydroxylation sites is 4. The molecule has 0 spiro atoms. The van der Waals surface area contributed by atoms with Crippen molar-refractivity contribution in [2.24, 2.45) is 16.8 Å². The van der Waals surface area contributed by atoms with E-state index in [1.54, 1.807) is 0 Å². The van der Waals surface area contributed by atoms with E-state index >= 15 is 0 Å². The van der Waals surface area contributed by atoms with Gasteiger partial charge in [0.05, 0.1) is 23.1 Å². The van der Waals surface area contributed by atoms with Gasteiger partial charge in [0, 0.05) is 40.3 Å². The van der Waals surface area contributed by atoms with Crippen LogP contribution in [0.4, 0.5) is 5.69 Å². The Morgan fingerprint density at radius 2 is 1.26 bits per heavy atom. The lowest BCUT2D eigenvalue weighted by Crippen LogP contribution is -2.39. The number of hydrogen-bond donors (Lipinski definition) is 0. The lowest BCUT2D eigenvalue weighted by molar-refractivity contribution is 0.636. The summed E-state index contributed by atoms with van der Waals surface area (Å²) in [5, 5.41) is 2.51. The van der Waals surface area contributed by atoms with E-state index in [1.807, 2.05) is 0 Å². The van der Waals surface area contributed by atoms with Crippen molar-refractivity contribution in [1.82, 2.24) is 9.55 Å². The summed E-state index contributed by atoms with van der Waals surface area (Å²) in [5.41, 5.74) is 16.0. The van der Waals surface area contributed by atoms with Gasteiger partial charge in [0.1, 0.15) is 11.7 Å². The number of imidazole rings is 1. The molecule has 1 aliphatic heterocycles. The Kier molecular flexibility index (Phi) is 9.23. The van der Waals surface area contributed by atoms with Crippen molar-refractivity contribution >= 4 is 44.5 Å². The van der Waals surface area contributed by atoms with Gasteiger partial charge in [-0.1, -0.05) is 188 Å². The van der Waals surface area contributed by atoms with E-state index < -0.39 is 0 Å². The van der Waals surface area contributed by atoms with E-state index in [1.165, 1.54) is 49.7 Å². The molecule has 5 unspecified atom stereocenters. The van der Waals surface area contributed by atoms with Crippen molar-refractivity contribution in [3.05, 3.63) is 270 Å². The molecule has 0 N–H and O–H groups in total. The second-order valence-corrected chi connectivity index (χ2v) is 18.0. The summed E-state index contributed by atoms with van der Waals surface area (Å²) in [6.07, 6.45) is 26.1. The Bertz CT molecular complexity index is 3470. The number of benzene rings is 7. The molecule has 13 rings (SSSR count). The first kappa shape index (κ1) is 38.4. The van der Waals surface area contributed by atoms with Gasteiger partial charge < -0.3 is 4.90 Å². The van der Waals surface area contributed by atoms with Crippen molar-refractivity contribution in [1.29, 1.82) is 0 Å². The highest BCUT2D eigenvalue weighted by molar-refractivity contribution is 6.12. The summed E-state index contributed by atoms with van der Waals surface area (Å²) in [4.78, 5) is 12.9. The van der Waals surface area contributed by atoms with Gasteiger partial charge in [-0.25, -0.2) is 4.98 Å². The third kappa shape index (κ3) is 6.43. The number of amidine groups is 1. The molecule has 2 heterocycles. The average molecular weight is 847 g/mol. The minimum absolute atomic E-state index is 0.0854. The van der Waals surface area contributed by atoms with Crippen molar-refractivity contribution in [2.45, 2.75) is 24.4 Å². The molecular weight excluding hydrogens is 801 g/mol. The maximum Gasteiger partial charge on any atom is 0.145 e. The fraction of sp³-hybridized carbons (Fsp3) is 0.0968. The monoisotopic (exact) mass is 846 g/mol. The molecule has 4 nitrogen and oxygen atoms in total. The standard InChI is InChI=1S/C62H46N4/c1-3-17-49(18-4-1)65-57-25-13-11-23-55(57)63-61(65)44-32-28-42(29-33-44)59-51-21-9-10-22-52(51)60(54-40-48(37-38-53(54)59)47-36-27-41-15-7-8-16-46(41)39-47)43-30-34-45(35-31-43)62-64-56-24-12-14-26-58(56)66(62)50-19-5-2-6-20-50/h1-30,32-40,43,51,55,57,59H,31H2. The van der Waals surface area contributed by atoms with Crippen LogP contribution >= 0.6 is 0 Å². The fourth-order valence-corrected chi connectivity index (χ4v) is 11.2. The first-order valence-electron chi connectivity index (χ1n) is 23.2. The Balaban J connectivity index is 0.912. The second-order valence-electron chi connectivity index (χ2n) is 18.0. The van der Waals surface area contributed by atoms with Crippen LogP contribution in [0.15, 0.2) is 247 Å². The fourth-order valence-electron chi connectivity index (χ4n) is 11.2. The van der Waals surface area contributed by atoms with Crippen molar-refractivity contribution in [3.8, 4) is 16.8 Å². The van der Waals surface area contributed by atoms with E-state index in [2.05, 4.69) is 246 Å². The van der Waals surface area contributed by atoms with Crippen molar-refractivity contribution in [3.63, 3.8) is 0 Å². The van der Waals surface area contributed by atoms with Gasteiger partial charge in [-0.15, -0.1) is 0 Å². The number of hydrogen-bond acceptors (Lipinski definition) is 3. The SMILES string of the molecule is C1=CC2=C(C3C=CC(c4nc5ccccc5n4-c4ccccc4)=CC3)c3cc(-c4ccc5ccccc5c4)ccc3C(c3ccc(C4=NC5C=CC=CC5N4c4ccccc4)cc3)C2C=C1. The normalized spacial score (nSPS) is 21.5. The molecule has 5 aliphatic rings. The molecule has 7 aromatic carbocycles. The van der Waals surface area contributed by atoms with Crippen molar-refractivity contribution in [2.75, 3.05) is 4.90 Å². The zero-order valence-electron chi connectivity index (χ0n) is 36.4. The molecule has 314 valence electrons. The highest BCUT2D eigenvalue weighted by atomic mass is 15.3. The van der Waals surface area contributed by atoms with E-state index in [9.17, 15) is 0 Å². The third-order valence-electron chi connectivity index (χ3n) is 14.2. The molecule has 0 amide bonds. The summed E-state index contributed by atoms with van der Waals surface area (Å²) in [7, 11) is 0. The largest absolute Gasteiger partial charge is 0.317 e. The van der Waals surface area contributed by atoms with Gasteiger partial charge in [0.25, 0.3) is 0 Å². The molecule has 0 radical (unpaired) electrons. The minimum Gasteiger partial charge on any atom is -0.317 e. The average Bonchev–Trinajstić information content (AvgIpc) is 3.98. The summed E-state index contributed by atoms with van der Waals surface area (Å²) in [6.45, 7) is 0. The van der Waals surface area contributed by atoms with Gasteiger partial charge in [0.2, 0.25) is 0 Å². The highest BCUT2D eigenvalue weighted by Crippen LogP contribution is 2.52. The lowest BCUT2D eigenvalue weighted by Gasteiger charge is -2.39. The van der Waals surface area contributed by atoms with Crippen LogP contribution in [-0.2, 0) is 0 Å². The van der Waals surface area contributed by atoms with Crippen LogP contribution in [0, 0.1) is 11.8 Å². The molecule has 1 aromatic heterocycles. The lowest BCUT2D eigenvalue weighted by atomic mass is 9.64. The number of nitrogens with zero attached hydrogens (tertiary/aromatic N) is 4. The molecule has 4 heteroatoms. The molecule has 66 heavy (non-hydrogen) atoms. The number of anilines is 1. The maximum atomic E-state index is 5.32. The molecule has 8 aromatic rings. The quantitative estimate of drug-likeness (QED) is 0.160. The molecule has 0 saturated heterocycles. The summed E-state index contributed by atoms with van der Waals surface area (Å²) in [5.74, 6) is 2.48. The van der Waals surface area contributed by atoms with E-state index in [-0.39, 0.29) is 29.8 Å². The van der Waals surface area contributed by atoms with E-state index in [0.717, 1.165) is 51.6 Å². The Morgan fingerprint density at radius 3 is 2.09 bits per heavy atom. The number of aliphatic imine (C=N–C) groups is 1. The predicted molar refractivity (Wildman–Crippen MR) is 274 cm³/mol. The van der Waals surface area contributed by atoms with Crippen LogP contribution in [-0.4, -0.2) is 27.5 Å². The van der Waals surface area contributed by atoms with Crippen LogP contribution in [0.1, 0.15) is 40.4 Å². The third-order valence-corrected chi connectivity index (χ3v) is 14.2. The molecular formula is C62H46N4. The van der Waals surface area contributed by atoms with Crippen LogP contribution in [0.25, 0.3) is 49.8 Å². The highest BCUT2D eigenvalue weighted by Gasteiger charge is 2.39. The van der Waals surface area contributed by atoms with Crippen LogP contribution < -0.4 is 4.90 Å². The predicted octanol–water partition coefficient (Wildman–Crippen LogP) is 14.3. The van der Waals surface area contributed by atoms with Gasteiger partial charge in [-0.3, -0.25) is 9.56 Å². The zero-order valence-corrected chi connectivity index (χ0v) is 36.4. The smallest absolute Gasteiger partial charge is 0.145 e. The number of fused-ring (bicyclic) bond motifs is 5. The molecule has 0 bridgehead atoms. The molecule has 0 saturated carbocycles. The van der Waals surface area contributed by atoms with E-state index in [0.29, 0.717) is 0 Å². The summed E-state index contributed by atoms with van der Waals surface area (Å²) in [6, 6.07) is 62.2. The molecule has 5 atom stereocenters. The van der Waals surface area contributed by atoms with E-state index in [4.69, 9.17) is 9.98 Å². The first-order chi connectivity index (χ1) is 32.7.